The minimum Gasteiger partial charge on any atom is -0.487 e. The van der Waals surface area contributed by atoms with Gasteiger partial charge in [-0.3, -0.25) is 0 Å². The first-order chi connectivity index (χ1) is 14.1. The number of ether oxygens (including phenoxy) is 1. The smallest absolute Gasteiger partial charge is 0.141 e. The van der Waals surface area contributed by atoms with Crippen LogP contribution in [0.3, 0.4) is 0 Å². The summed E-state index contributed by atoms with van der Waals surface area (Å²) in [5.41, 5.74) is 7.60. The topological polar surface area (TPSA) is 9.23 Å². The number of hydrogen-bond acceptors (Lipinski definition) is 1. The highest BCUT2D eigenvalue weighted by molar-refractivity contribution is 9.10. The normalized spacial score (nSPS) is 11.7. The van der Waals surface area contributed by atoms with Crippen LogP contribution >= 0.6 is 15.9 Å². The molecular formula is C28H33BrO. The molecule has 3 aromatic rings. The van der Waals surface area contributed by atoms with Crippen molar-refractivity contribution in [1.29, 1.82) is 0 Å². The van der Waals surface area contributed by atoms with Crippen LogP contribution in [0.1, 0.15) is 56.9 Å². The molecule has 30 heavy (non-hydrogen) atoms. The van der Waals surface area contributed by atoms with E-state index in [9.17, 15) is 0 Å². The van der Waals surface area contributed by atoms with Gasteiger partial charge in [0.05, 0.1) is 4.47 Å². The lowest BCUT2D eigenvalue weighted by atomic mass is 9.83. The van der Waals surface area contributed by atoms with Gasteiger partial charge in [-0.1, -0.05) is 83.1 Å². The molecule has 0 radical (unpaired) electrons. The molecule has 0 saturated heterocycles. The van der Waals surface area contributed by atoms with E-state index in [1.54, 1.807) is 0 Å². The third-order valence-corrected chi connectivity index (χ3v) is 5.82. The molecule has 0 aliphatic carbocycles. The minimum atomic E-state index is 0.0911. The van der Waals surface area contributed by atoms with Crippen molar-refractivity contribution in [3.8, 4) is 16.9 Å². The van der Waals surface area contributed by atoms with Crippen molar-refractivity contribution in [2.24, 2.45) is 5.92 Å². The second kappa shape index (κ2) is 9.39. The molecular weight excluding hydrogens is 432 g/mol. The molecule has 3 aromatic carbocycles. The fourth-order valence-electron chi connectivity index (χ4n) is 3.69. The summed E-state index contributed by atoms with van der Waals surface area (Å²) in [4.78, 5) is 0. The third kappa shape index (κ3) is 5.76. The SMILES string of the molecule is Cc1cc(Br)c(OCc2ccccc2)c(-c2cc(CC(C)C)cc(C(C)(C)C)c2)c1. The molecule has 0 N–H and O–H groups in total. The fraction of sp³-hybridized carbons (Fsp3) is 0.357. The zero-order valence-corrected chi connectivity index (χ0v) is 20.6. The van der Waals surface area contributed by atoms with Crippen molar-refractivity contribution >= 4 is 15.9 Å². The molecule has 158 valence electrons. The van der Waals surface area contributed by atoms with Crippen molar-refractivity contribution in [2.45, 2.75) is 60.0 Å². The first-order valence-corrected chi connectivity index (χ1v) is 11.5. The van der Waals surface area contributed by atoms with Crippen molar-refractivity contribution in [1.82, 2.24) is 0 Å². The Kier molecular flexibility index (Phi) is 7.08. The van der Waals surface area contributed by atoms with Crippen LogP contribution in [0.15, 0.2) is 65.1 Å². The van der Waals surface area contributed by atoms with Crippen LogP contribution in [0.2, 0.25) is 0 Å². The molecule has 0 fully saturated rings. The highest BCUT2D eigenvalue weighted by atomic mass is 79.9. The Morgan fingerprint density at radius 3 is 2.23 bits per heavy atom. The number of hydrogen-bond donors (Lipinski definition) is 0. The van der Waals surface area contributed by atoms with Gasteiger partial charge in [-0.25, -0.2) is 0 Å². The van der Waals surface area contributed by atoms with Gasteiger partial charge < -0.3 is 4.74 Å². The van der Waals surface area contributed by atoms with Gasteiger partial charge in [-0.15, -0.1) is 0 Å². The highest BCUT2D eigenvalue weighted by Crippen LogP contribution is 2.40. The van der Waals surface area contributed by atoms with E-state index in [1.165, 1.54) is 27.8 Å². The molecule has 0 bridgehead atoms. The molecule has 0 aromatic heterocycles. The van der Waals surface area contributed by atoms with Gasteiger partial charge in [0.2, 0.25) is 0 Å². The van der Waals surface area contributed by atoms with Crippen molar-refractivity contribution in [3.05, 3.63) is 87.4 Å². The molecule has 0 atom stereocenters. The summed E-state index contributed by atoms with van der Waals surface area (Å²) in [6.45, 7) is 14.1. The van der Waals surface area contributed by atoms with Crippen LogP contribution in [0.25, 0.3) is 11.1 Å². The summed E-state index contributed by atoms with van der Waals surface area (Å²) in [5, 5.41) is 0. The summed E-state index contributed by atoms with van der Waals surface area (Å²) in [7, 11) is 0. The summed E-state index contributed by atoms with van der Waals surface area (Å²) in [6, 6.07) is 21.8. The van der Waals surface area contributed by atoms with E-state index >= 15 is 0 Å². The molecule has 0 aliphatic rings. The van der Waals surface area contributed by atoms with Crippen molar-refractivity contribution < 1.29 is 4.74 Å². The average molecular weight is 465 g/mol. The van der Waals surface area contributed by atoms with Gasteiger partial charge in [0.1, 0.15) is 12.4 Å². The Bertz CT molecular complexity index is 997. The summed E-state index contributed by atoms with van der Waals surface area (Å²) in [6.07, 6.45) is 1.07. The minimum absolute atomic E-state index is 0.0911. The van der Waals surface area contributed by atoms with E-state index in [0.29, 0.717) is 12.5 Å². The van der Waals surface area contributed by atoms with E-state index < -0.39 is 0 Å². The summed E-state index contributed by atoms with van der Waals surface area (Å²) < 4.78 is 7.36. The lowest BCUT2D eigenvalue weighted by Crippen LogP contribution is -2.12. The first kappa shape index (κ1) is 22.6. The Morgan fingerprint density at radius 1 is 0.900 bits per heavy atom. The monoisotopic (exact) mass is 464 g/mol. The lowest BCUT2D eigenvalue weighted by Gasteiger charge is -2.23. The molecule has 0 spiro atoms. The summed E-state index contributed by atoms with van der Waals surface area (Å²) >= 11 is 3.76. The first-order valence-electron chi connectivity index (χ1n) is 10.7. The quantitative estimate of drug-likeness (QED) is 0.355. The average Bonchev–Trinajstić information content (AvgIpc) is 2.66. The highest BCUT2D eigenvalue weighted by Gasteiger charge is 2.19. The van der Waals surface area contributed by atoms with E-state index in [-0.39, 0.29) is 5.41 Å². The van der Waals surface area contributed by atoms with E-state index in [2.05, 4.69) is 112 Å². The van der Waals surface area contributed by atoms with Crippen LogP contribution in [-0.2, 0) is 18.4 Å². The zero-order valence-electron chi connectivity index (χ0n) is 19.1. The maximum absolute atomic E-state index is 6.36. The maximum atomic E-state index is 6.36. The van der Waals surface area contributed by atoms with Gasteiger partial charge in [-0.05, 0) is 80.6 Å². The van der Waals surface area contributed by atoms with Crippen LogP contribution in [0, 0.1) is 12.8 Å². The Morgan fingerprint density at radius 2 is 1.60 bits per heavy atom. The lowest BCUT2D eigenvalue weighted by molar-refractivity contribution is 0.305. The zero-order chi connectivity index (χ0) is 21.9. The second-order valence-electron chi connectivity index (χ2n) is 9.66. The molecule has 1 nitrogen and oxygen atoms in total. The van der Waals surface area contributed by atoms with Crippen molar-refractivity contribution in [2.75, 3.05) is 0 Å². The van der Waals surface area contributed by atoms with Crippen LogP contribution in [0.4, 0.5) is 0 Å². The van der Waals surface area contributed by atoms with E-state index in [0.717, 1.165) is 22.2 Å². The fourth-order valence-corrected chi connectivity index (χ4v) is 4.38. The number of rotatable bonds is 6. The van der Waals surface area contributed by atoms with Crippen LogP contribution in [0.5, 0.6) is 5.75 Å². The number of aryl methyl sites for hydroxylation is 1. The molecule has 0 saturated carbocycles. The van der Waals surface area contributed by atoms with Gasteiger partial charge in [-0.2, -0.15) is 0 Å². The summed E-state index contributed by atoms with van der Waals surface area (Å²) in [5.74, 6) is 1.53. The van der Waals surface area contributed by atoms with Crippen LogP contribution < -0.4 is 4.74 Å². The van der Waals surface area contributed by atoms with Gasteiger partial charge in [0.25, 0.3) is 0 Å². The third-order valence-electron chi connectivity index (χ3n) is 5.23. The van der Waals surface area contributed by atoms with Gasteiger partial charge in [0.15, 0.2) is 0 Å². The van der Waals surface area contributed by atoms with Crippen molar-refractivity contribution in [3.63, 3.8) is 0 Å². The van der Waals surface area contributed by atoms with Gasteiger partial charge >= 0.3 is 0 Å². The standard InChI is InChI=1S/C28H33BrO/c1-19(2)12-22-15-23(17-24(16-22)28(4,5)6)25-13-20(3)14-26(29)27(25)30-18-21-10-8-7-9-11-21/h7-11,13-17,19H,12,18H2,1-6H3. The Labute approximate surface area is 190 Å². The number of halogens is 1. The Balaban J connectivity index is 2.09. The second-order valence-corrected chi connectivity index (χ2v) is 10.5. The molecule has 0 unspecified atom stereocenters. The predicted molar refractivity (Wildman–Crippen MR) is 132 cm³/mol. The van der Waals surface area contributed by atoms with Crippen LogP contribution in [-0.4, -0.2) is 0 Å². The maximum Gasteiger partial charge on any atom is 0.141 e. The molecule has 0 aliphatic heterocycles. The van der Waals surface area contributed by atoms with Gasteiger partial charge in [0, 0.05) is 5.56 Å². The van der Waals surface area contributed by atoms with E-state index in [1.807, 2.05) is 6.07 Å². The Hall–Kier alpha value is -2.06. The number of benzene rings is 3. The predicted octanol–water partition coefficient (Wildman–Crippen LogP) is 8.50. The molecule has 3 rings (SSSR count). The molecule has 0 heterocycles. The largest absolute Gasteiger partial charge is 0.487 e. The molecule has 0 amide bonds. The molecule has 2 heteroatoms. The van der Waals surface area contributed by atoms with E-state index in [4.69, 9.17) is 4.74 Å².